The van der Waals surface area contributed by atoms with E-state index in [-0.39, 0.29) is 0 Å². The van der Waals surface area contributed by atoms with Crippen LogP contribution in [0.4, 0.5) is 0 Å². The minimum Gasteiger partial charge on any atom is -0.394 e. The van der Waals surface area contributed by atoms with Crippen molar-refractivity contribution in [2.24, 2.45) is 5.73 Å². The molecule has 2 unspecified atom stereocenters. The first-order valence-electron chi connectivity index (χ1n) is 24.7. The standard InChI is InChI=1S/C42H71NO34/c43-1-8-29-15(50)22(57)36(64-8)72-30-9(2-44)66-38(24(59)17(30)52)74-32-11(4-46)68-40(26(61)19(32)54)76-34-13(6-48)70-42(28(63)21(34)56)77-35-14(7-49)69-41(27(62)20(35)55)75-33-12(5-47)67-39(25(60)18(33)53)73-31-10(3-45)65-37(71-29)23(58)16(31)51/h8-42,44-63H,1-7,43H2/t8-,9-,10-,11-,12-,13-,14-,15-,16-,17-,18-,19-,20-,21-,22-,23-,24?,25-,26?,27-,28-,29-,30-,31-,32-,33-,34-,35-,36-,37-,38-,39-,40-,41-,42-/m1/s1. The molecule has 21 fully saturated rings. The second-order valence-corrected chi connectivity index (χ2v) is 19.7. The lowest BCUT2D eigenvalue weighted by Gasteiger charge is -2.50. The van der Waals surface area contributed by atoms with E-state index in [1.165, 1.54) is 0 Å². The monoisotopic (exact) mass is 1130 g/mol. The third kappa shape index (κ3) is 12.1. The molecule has 0 aromatic heterocycles. The van der Waals surface area contributed by atoms with Gasteiger partial charge in [0.15, 0.2) is 44.0 Å². The van der Waals surface area contributed by atoms with Gasteiger partial charge in [0.2, 0.25) is 0 Å². The van der Waals surface area contributed by atoms with Crippen LogP contribution in [0.25, 0.3) is 0 Å². The Labute approximate surface area is 434 Å². The fourth-order valence-electron chi connectivity index (χ4n) is 10.5. The summed E-state index contributed by atoms with van der Waals surface area (Å²) < 4.78 is 79.9. The van der Waals surface area contributed by atoms with Crippen LogP contribution in [0.5, 0.6) is 0 Å². The maximum Gasteiger partial charge on any atom is 0.187 e. The van der Waals surface area contributed by atoms with E-state index in [9.17, 15) is 102 Å². The molecule has 21 aliphatic rings. The second-order valence-electron chi connectivity index (χ2n) is 19.7. The summed E-state index contributed by atoms with van der Waals surface area (Å²) >= 11 is 0. The van der Waals surface area contributed by atoms with E-state index in [4.69, 9.17) is 72.0 Å². The Morgan fingerprint density at radius 3 is 0.455 bits per heavy atom. The van der Waals surface area contributed by atoms with Gasteiger partial charge in [0, 0.05) is 6.54 Å². The molecular formula is C42H71NO34. The summed E-state index contributed by atoms with van der Waals surface area (Å²) in [5.74, 6) is 0. The van der Waals surface area contributed by atoms with Gasteiger partial charge in [-0.25, -0.2) is 0 Å². The highest BCUT2D eigenvalue weighted by atomic mass is 16.8. The van der Waals surface area contributed by atoms with Crippen molar-refractivity contribution in [1.82, 2.24) is 0 Å². The van der Waals surface area contributed by atoms with E-state index in [0.29, 0.717) is 0 Å². The van der Waals surface area contributed by atoms with Gasteiger partial charge in [0.1, 0.15) is 171 Å². The van der Waals surface area contributed by atoms with Gasteiger partial charge in [-0.05, 0) is 0 Å². The Morgan fingerprint density at radius 2 is 0.325 bits per heavy atom. The van der Waals surface area contributed by atoms with Crippen LogP contribution >= 0.6 is 0 Å². The molecule has 21 rings (SSSR count). The fraction of sp³-hybridized carbons (Fsp3) is 1.00. The summed E-state index contributed by atoms with van der Waals surface area (Å²) in [7, 11) is 0. The molecule has 0 radical (unpaired) electrons. The minimum atomic E-state index is -2.20. The number of aliphatic hydroxyl groups excluding tert-OH is 20. The van der Waals surface area contributed by atoms with E-state index < -0.39 is 261 Å². The summed E-state index contributed by atoms with van der Waals surface area (Å²) in [6.07, 6.45) is -69.2. The molecule has 0 saturated carbocycles. The number of hydrogen-bond donors (Lipinski definition) is 21. The lowest BCUT2D eigenvalue weighted by Crippen LogP contribution is -2.68. The van der Waals surface area contributed by atoms with Crippen LogP contribution < -0.4 is 5.73 Å². The largest absolute Gasteiger partial charge is 0.394 e. The van der Waals surface area contributed by atoms with Gasteiger partial charge in [-0.3, -0.25) is 0 Å². The molecule has 21 saturated heterocycles. The van der Waals surface area contributed by atoms with Gasteiger partial charge in [0.05, 0.1) is 39.6 Å². The Morgan fingerprint density at radius 1 is 0.195 bits per heavy atom. The molecule has 0 aromatic carbocycles. The fourth-order valence-corrected chi connectivity index (χ4v) is 10.5. The van der Waals surface area contributed by atoms with Gasteiger partial charge in [-0.15, -0.1) is 0 Å². The highest BCUT2D eigenvalue weighted by Gasteiger charge is 2.59. The van der Waals surface area contributed by atoms with Crippen LogP contribution in [-0.2, 0) is 66.3 Å². The molecule has 35 atom stereocenters. The molecular weight excluding hydrogens is 1060 g/mol. The zero-order chi connectivity index (χ0) is 56.1. The summed E-state index contributed by atoms with van der Waals surface area (Å²) in [5.41, 5.74) is 5.94. The first kappa shape index (κ1) is 61.7. The minimum absolute atomic E-state index is 0.547. The van der Waals surface area contributed by atoms with Gasteiger partial charge in [-0.2, -0.15) is 0 Å². The van der Waals surface area contributed by atoms with Crippen molar-refractivity contribution < 1.29 is 168 Å². The molecule has 35 nitrogen and oxygen atoms in total. The predicted octanol–water partition coefficient (Wildman–Crippen LogP) is -15.3. The number of hydrogen-bond acceptors (Lipinski definition) is 35. The van der Waals surface area contributed by atoms with Crippen LogP contribution in [0.15, 0.2) is 0 Å². The van der Waals surface area contributed by atoms with Gasteiger partial charge in [0.25, 0.3) is 0 Å². The van der Waals surface area contributed by atoms with Crippen molar-refractivity contribution in [3.8, 4) is 0 Å². The SMILES string of the molecule is NC[C@H]1O[C@@H]2O[C@H]3[C@H](O)C(O)[C@@H](O[C@H]4[C@H](O)C(O)[C@@H](O[C@H]5[C@H](O)[C@@H](O)[C@@H](O[C@H]6[C@H](O)[C@@H](O)[C@@H](O[C@H]7[C@H](O)[C@@H](O)[C@@H](O[C@H]8[C@H](O)[C@@H](O)[C@@H](O[C@H]1[C@H](O)[C@H]2O)O[C@@H]8CO)O[C@@H]7CO)O[C@@H]6CO)O[C@@H]5CO)O[C@@H]4CO)O[C@@H]3CO. The Hall–Kier alpha value is -1.40. The third-order valence-corrected chi connectivity index (χ3v) is 14.8. The molecule has 0 aliphatic carbocycles. The highest BCUT2D eigenvalue weighted by Crippen LogP contribution is 2.39. The highest BCUT2D eigenvalue weighted by molar-refractivity contribution is 5.02. The van der Waals surface area contributed by atoms with Crippen molar-refractivity contribution >= 4 is 0 Å². The zero-order valence-electron chi connectivity index (χ0n) is 40.4. The van der Waals surface area contributed by atoms with Crippen molar-refractivity contribution in [1.29, 1.82) is 0 Å². The maximum absolute atomic E-state index is 11.4. The van der Waals surface area contributed by atoms with Gasteiger partial charge in [-0.1, -0.05) is 0 Å². The van der Waals surface area contributed by atoms with Gasteiger partial charge < -0.3 is 174 Å². The molecule has 77 heavy (non-hydrogen) atoms. The van der Waals surface area contributed by atoms with E-state index >= 15 is 0 Å². The topological polar surface area (TPSA) is 560 Å². The first-order valence-corrected chi connectivity index (χ1v) is 24.7. The predicted molar refractivity (Wildman–Crippen MR) is 230 cm³/mol. The summed E-state index contributed by atoms with van der Waals surface area (Å²) in [4.78, 5) is 0. The molecule has 21 aliphatic heterocycles. The van der Waals surface area contributed by atoms with Crippen LogP contribution in [0.2, 0.25) is 0 Å². The van der Waals surface area contributed by atoms with Crippen molar-refractivity contribution in [2.75, 3.05) is 46.2 Å². The Kier molecular flexibility index (Phi) is 20.8. The van der Waals surface area contributed by atoms with Crippen LogP contribution in [-0.4, -0.2) is 363 Å². The van der Waals surface area contributed by atoms with Crippen molar-refractivity contribution in [3.05, 3.63) is 0 Å². The second kappa shape index (κ2) is 26.0. The van der Waals surface area contributed by atoms with Gasteiger partial charge >= 0.3 is 0 Å². The number of aliphatic hydroxyl groups is 20. The quantitative estimate of drug-likeness (QED) is 0.113. The van der Waals surface area contributed by atoms with E-state index in [1.54, 1.807) is 0 Å². The molecule has 0 spiro atoms. The van der Waals surface area contributed by atoms with Crippen LogP contribution in [0.3, 0.4) is 0 Å². The third-order valence-electron chi connectivity index (χ3n) is 14.8. The molecule has 0 aromatic rings. The molecule has 21 heterocycles. The molecule has 0 amide bonds. The molecule has 14 bridgehead atoms. The smallest absolute Gasteiger partial charge is 0.187 e. The van der Waals surface area contributed by atoms with E-state index in [0.717, 1.165) is 0 Å². The maximum atomic E-state index is 11.4. The molecule has 22 N–H and O–H groups in total. The van der Waals surface area contributed by atoms with E-state index in [2.05, 4.69) is 0 Å². The molecule has 35 heteroatoms. The van der Waals surface area contributed by atoms with Crippen molar-refractivity contribution in [2.45, 2.75) is 215 Å². The summed E-state index contributed by atoms with van der Waals surface area (Å²) in [6.45, 7) is -6.75. The van der Waals surface area contributed by atoms with Crippen molar-refractivity contribution in [3.63, 3.8) is 0 Å². The summed E-state index contributed by atoms with van der Waals surface area (Å²) in [6, 6.07) is 0. The van der Waals surface area contributed by atoms with Crippen LogP contribution in [0.1, 0.15) is 0 Å². The Balaban J connectivity index is 1.08. The summed E-state index contributed by atoms with van der Waals surface area (Å²) in [5, 5.41) is 220. The normalized spacial score (nSPS) is 55.4. The number of ether oxygens (including phenoxy) is 14. The number of rotatable bonds is 7. The first-order chi connectivity index (χ1) is 36.7. The average molecular weight is 1130 g/mol. The Bertz CT molecular complexity index is 1470. The lowest BCUT2D eigenvalue weighted by atomic mass is 9.95. The average Bonchev–Trinajstić information content (AvgIpc) is 3.45. The lowest BCUT2D eigenvalue weighted by molar-refractivity contribution is -0.396. The zero-order valence-corrected chi connectivity index (χ0v) is 40.4. The van der Waals surface area contributed by atoms with E-state index in [1.807, 2.05) is 0 Å². The van der Waals surface area contributed by atoms with Crippen LogP contribution in [0, 0.1) is 0 Å². The number of nitrogens with two attached hydrogens (primary N) is 1. The molecule has 448 valence electrons.